The van der Waals surface area contributed by atoms with E-state index in [4.69, 9.17) is 9.47 Å². The van der Waals surface area contributed by atoms with Gasteiger partial charge in [0.25, 0.3) is 0 Å². The maximum absolute atomic E-state index is 11.6. The number of hydrogen-bond acceptors (Lipinski definition) is 5. The molecule has 0 aromatic heterocycles. The van der Waals surface area contributed by atoms with Gasteiger partial charge in [-0.2, -0.15) is 0 Å². The Hall–Kier alpha value is -1.27. The largest absolute Gasteiger partial charge is 0.492 e. The molecule has 5 nitrogen and oxygen atoms in total. The van der Waals surface area contributed by atoms with E-state index in [-0.39, 0.29) is 16.4 Å². The van der Waals surface area contributed by atoms with Crippen LogP contribution in [0, 0.1) is 0 Å². The molecule has 1 atom stereocenters. The minimum atomic E-state index is -3.41. The van der Waals surface area contributed by atoms with Crippen molar-refractivity contribution in [2.45, 2.75) is 17.9 Å². The van der Waals surface area contributed by atoms with Crippen molar-refractivity contribution in [1.29, 1.82) is 0 Å². The smallest absolute Gasteiger partial charge is 0.179 e. The van der Waals surface area contributed by atoms with Gasteiger partial charge in [-0.15, -0.1) is 0 Å². The van der Waals surface area contributed by atoms with E-state index in [9.17, 15) is 13.5 Å². The zero-order valence-electron chi connectivity index (χ0n) is 10.2. The van der Waals surface area contributed by atoms with E-state index in [1.54, 1.807) is 6.92 Å². The van der Waals surface area contributed by atoms with Crippen LogP contribution in [0.1, 0.15) is 18.6 Å². The highest BCUT2D eigenvalue weighted by Crippen LogP contribution is 2.39. The summed E-state index contributed by atoms with van der Waals surface area (Å²) < 4.78 is 33.3. The standard InChI is InChI=1S/C11H16O5S/c1-7(12)8-5-6-9(17(4,13)14)11(16-3)10(8)15-2/h5-7,12H,1-4H3. The third-order valence-electron chi connectivity index (χ3n) is 2.36. The molecule has 1 aromatic carbocycles. The van der Waals surface area contributed by atoms with Gasteiger partial charge in [0, 0.05) is 11.8 Å². The second-order valence-electron chi connectivity index (χ2n) is 3.67. The summed E-state index contributed by atoms with van der Waals surface area (Å²) in [6.07, 6.45) is 0.319. The zero-order chi connectivity index (χ0) is 13.2. The lowest BCUT2D eigenvalue weighted by Gasteiger charge is -2.16. The molecule has 1 unspecified atom stereocenters. The van der Waals surface area contributed by atoms with Crippen LogP contribution >= 0.6 is 0 Å². The van der Waals surface area contributed by atoms with E-state index in [0.717, 1.165) is 6.26 Å². The Bertz CT molecular complexity index is 505. The van der Waals surface area contributed by atoms with Crippen LogP contribution < -0.4 is 9.47 Å². The van der Waals surface area contributed by atoms with Crippen molar-refractivity contribution in [2.75, 3.05) is 20.5 Å². The number of sulfone groups is 1. The first kappa shape index (κ1) is 13.8. The lowest BCUT2D eigenvalue weighted by molar-refractivity contribution is 0.192. The molecule has 0 saturated carbocycles. The number of rotatable bonds is 4. The van der Waals surface area contributed by atoms with Gasteiger partial charge in [0.2, 0.25) is 0 Å². The molecule has 0 aliphatic heterocycles. The first-order valence-corrected chi connectivity index (χ1v) is 6.85. The van der Waals surface area contributed by atoms with Crippen LogP contribution in [0.5, 0.6) is 11.5 Å². The first-order chi connectivity index (χ1) is 7.82. The number of methoxy groups -OCH3 is 2. The average molecular weight is 260 g/mol. The van der Waals surface area contributed by atoms with Crippen LogP contribution in [-0.2, 0) is 9.84 Å². The van der Waals surface area contributed by atoms with Crippen molar-refractivity contribution in [3.63, 3.8) is 0 Å². The van der Waals surface area contributed by atoms with Crippen molar-refractivity contribution < 1.29 is 23.0 Å². The monoisotopic (exact) mass is 260 g/mol. The summed E-state index contributed by atoms with van der Waals surface area (Å²) in [5.41, 5.74) is 0.483. The maximum Gasteiger partial charge on any atom is 0.179 e. The molecule has 1 N–H and O–H groups in total. The van der Waals surface area contributed by atoms with Gasteiger partial charge in [-0.3, -0.25) is 0 Å². The van der Waals surface area contributed by atoms with E-state index in [2.05, 4.69) is 0 Å². The highest BCUT2D eigenvalue weighted by atomic mass is 32.2. The van der Waals surface area contributed by atoms with Gasteiger partial charge in [-0.05, 0) is 13.0 Å². The molecule has 0 fully saturated rings. The fourth-order valence-corrected chi connectivity index (χ4v) is 2.41. The normalized spacial score (nSPS) is 13.2. The number of aliphatic hydroxyl groups is 1. The van der Waals surface area contributed by atoms with Crippen LogP contribution in [0.4, 0.5) is 0 Å². The summed E-state index contributed by atoms with van der Waals surface area (Å²) >= 11 is 0. The van der Waals surface area contributed by atoms with Gasteiger partial charge in [0.1, 0.15) is 4.90 Å². The van der Waals surface area contributed by atoms with Crippen molar-refractivity contribution in [1.82, 2.24) is 0 Å². The van der Waals surface area contributed by atoms with Gasteiger partial charge >= 0.3 is 0 Å². The lowest BCUT2D eigenvalue weighted by atomic mass is 10.1. The topological polar surface area (TPSA) is 72.8 Å². The molecule has 1 rings (SSSR count). The summed E-state index contributed by atoms with van der Waals surface area (Å²) in [7, 11) is -0.649. The number of benzene rings is 1. The quantitative estimate of drug-likeness (QED) is 0.879. The predicted octanol–water partition coefficient (Wildman–Crippen LogP) is 1.16. The zero-order valence-corrected chi connectivity index (χ0v) is 11.0. The Labute approximate surface area is 101 Å². The fraction of sp³-hybridized carbons (Fsp3) is 0.455. The van der Waals surface area contributed by atoms with Crippen LogP contribution in [0.3, 0.4) is 0 Å². The Kier molecular flexibility index (Phi) is 4.00. The minimum Gasteiger partial charge on any atom is -0.492 e. The van der Waals surface area contributed by atoms with E-state index < -0.39 is 15.9 Å². The van der Waals surface area contributed by atoms with Crippen molar-refractivity contribution in [3.05, 3.63) is 17.7 Å². The lowest BCUT2D eigenvalue weighted by Crippen LogP contribution is -2.05. The summed E-state index contributed by atoms with van der Waals surface area (Å²) in [6, 6.07) is 2.92. The molecule has 0 spiro atoms. The van der Waals surface area contributed by atoms with E-state index in [1.165, 1.54) is 26.4 Å². The molecular weight excluding hydrogens is 244 g/mol. The van der Waals surface area contributed by atoms with Gasteiger partial charge in [0.15, 0.2) is 21.3 Å². The summed E-state index contributed by atoms with van der Waals surface area (Å²) in [4.78, 5) is 0.0428. The Morgan fingerprint density at radius 1 is 1.18 bits per heavy atom. The van der Waals surface area contributed by atoms with Crippen LogP contribution in [-0.4, -0.2) is 34.0 Å². The van der Waals surface area contributed by atoms with E-state index in [1.807, 2.05) is 0 Å². The molecule has 0 amide bonds. The SMILES string of the molecule is COc1c(C(C)O)ccc(S(C)(=O)=O)c1OC. The second-order valence-corrected chi connectivity index (χ2v) is 5.65. The molecule has 0 aliphatic carbocycles. The second kappa shape index (κ2) is 4.93. The van der Waals surface area contributed by atoms with Crippen molar-refractivity contribution >= 4 is 9.84 Å². The van der Waals surface area contributed by atoms with Crippen LogP contribution in [0.2, 0.25) is 0 Å². The average Bonchev–Trinajstić information content (AvgIpc) is 2.25. The minimum absolute atomic E-state index is 0.0428. The van der Waals surface area contributed by atoms with Gasteiger partial charge in [-0.1, -0.05) is 6.07 Å². The molecule has 0 bridgehead atoms. The molecule has 6 heteroatoms. The highest BCUT2D eigenvalue weighted by Gasteiger charge is 2.22. The fourth-order valence-electron chi connectivity index (χ4n) is 1.58. The summed E-state index contributed by atoms with van der Waals surface area (Å²) in [6.45, 7) is 1.57. The number of ether oxygens (including phenoxy) is 2. The van der Waals surface area contributed by atoms with Gasteiger partial charge in [0.05, 0.1) is 20.3 Å². The third kappa shape index (κ3) is 2.70. The van der Waals surface area contributed by atoms with Crippen LogP contribution in [0.25, 0.3) is 0 Å². The Morgan fingerprint density at radius 3 is 2.06 bits per heavy atom. The molecule has 17 heavy (non-hydrogen) atoms. The number of hydrogen-bond donors (Lipinski definition) is 1. The Balaban J connectivity index is 3.60. The molecule has 0 aliphatic rings. The van der Waals surface area contributed by atoms with Crippen molar-refractivity contribution in [3.8, 4) is 11.5 Å². The molecule has 0 radical (unpaired) electrons. The van der Waals surface area contributed by atoms with E-state index >= 15 is 0 Å². The van der Waals surface area contributed by atoms with Gasteiger partial charge in [-0.25, -0.2) is 8.42 Å². The van der Waals surface area contributed by atoms with Gasteiger partial charge < -0.3 is 14.6 Å². The molecule has 0 saturated heterocycles. The summed E-state index contributed by atoms with van der Waals surface area (Å²) in [5.74, 6) is 0.360. The first-order valence-electron chi connectivity index (χ1n) is 4.96. The Morgan fingerprint density at radius 2 is 1.71 bits per heavy atom. The molecular formula is C11H16O5S. The number of aliphatic hydroxyl groups excluding tert-OH is 1. The molecule has 1 aromatic rings. The third-order valence-corrected chi connectivity index (χ3v) is 3.48. The maximum atomic E-state index is 11.6. The summed E-state index contributed by atoms with van der Waals surface area (Å²) in [5, 5.41) is 9.56. The van der Waals surface area contributed by atoms with Crippen molar-refractivity contribution in [2.24, 2.45) is 0 Å². The highest BCUT2D eigenvalue weighted by molar-refractivity contribution is 7.90. The molecule has 96 valence electrons. The predicted molar refractivity (Wildman–Crippen MR) is 63.3 cm³/mol. The van der Waals surface area contributed by atoms with Crippen LogP contribution in [0.15, 0.2) is 17.0 Å². The van der Waals surface area contributed by atoms with E-state index in [0.29, 0.717) is 5.56 Å². The molecule has 0 heterocycles.